The Bertz CT molecular complexity index is 1050. The number of nitrogens with one attached hydrogen (secondary N) is 2. The van der Waals surface area contributed by atoms with Crippen LogP contribution in [-0.4, -0.2) is 40.7 Å². The number of rotatable bonds is 4. The van der Waals surface area contributed by atoms with Crippen molar-refractivity contribution < 1.29 is 28.6 Å². The summed E-state index contributed by atoms with van der Waals surface area (Å²) in [7, 11) is 0. The van der Waals surface area contributed by atoms with Crippen molar-refractivity contribution >= 4 is 29.5 Å². The lowest BCUT2D eigenvalue weighted by molar-refractivity contribution is -0.143. The van der Waals surface area contributed by atoms with Gasteiger partial charge in [-0.1, -0.05) is 18.2 Å². The van der Waals surface area contributed by atoms with Gasteiger partial charge in [0.1, 0.15) is 11.9 Å². The summed E-state index contributed by atoms with van der Waals surface area (Å²) >= 11 is 0. The second-order valence-corrected chi connectivity index (χ2v) is 8.41. The molecule has 2 aromatic carbocycles. The predicted octanol–water partition coefficient (Wildman–Crippen LogP) is 4.61. The molecule has 1 aliphatic carbocycles. The molecule has 0 radical (unpaired) electrons. The quantitative estimate of drug-likeness (QED) is 0.624. The molecule has 2 aliphatic rings. The average molecular weight is 455 g/mol. The monoisotopic (exact) mass is 455 g/mol. The third kappa shape index (κ3) is 5.60. The van der Waals surface area contributed by atoms with Crippen LogP contribution in [0.2, 0.25) is 0 Å². The van der Waals surface area contributed by atoms with E-state index in [-0.39, 0.29) is 23.8 Å². The van der Waals surface area contributed by atoms with E-state index in [1.165, 1.54) is 12.1 Å². The van der Waals surface area contributed by atoms with Crippen molar-refractivity contribution in [1.82, 2.24) is 4.90 Å². The molecule has 2 aromatic rings. The van der Waals surface area contributed by atoms with Gasteiger partial charge < -0.3 is 25.4 Å². The van der Waals surface area contributed by atoms with Gasteiger partial charge in [0.2, 0.25) is 0 Å². The Morgan fingerprint density at radius 1 is 1.00 bits per heavy atom. The molecule has 33 heavy (non-hydrogen) atoms. The lowest BCUT2D eigenvalue weighted by atomic mass is 9.87. The SMILES string of the molecule is O=C(Nc1ccc2c(c1)CCN(C(=O)O[C@H]1CC[C@@H](C(=O)O)CC1)C2)Nc1ccccc1F. The number of urea groups is 1. The lowest BCUT2D eigenvalue weighted by Gasteiger charge is -2.32. The van der Waals surface area contributed by atoms with Crippen LogP contribution in [0.25, 0.3) is 0 Å². The molecular formula is C24H26FN3O5. The number of hydrogen-bond donors (Lipinski definition) is 3. The molecule has 0 saturated heterocycles. The Balaban J connectivity index is 1.30. The molecule has 3 N–H and O–H groups in total. The van der Waals surface area contributed by atoms with E-state index in [1.54, 1.807) is 23.1 Å². The van der Waals surface area contributed by atoms with Crippen molar-refractivity contribution in [3.63, 3.8) is 0 Å². The third-order valence-electron chi connectivity index (χ3n) is 6.15. The van der Waals surface area contributed by atoms with Gasteiger partial charge >= 0.3 is 18.1 Å². The van der Waals surface area contributed by atoms with Gasteiger partial charge in [0.25, 0.3) is 0 Å². The molecule has 0 unspecified atom stereocenters. The van der Waals surface area contributed by atoms with Crippen molar-refractivity contribution in [2.75, 3.05) is 17.2 Å². The highest BCUT2D eigenvalue weighted by atomic mass is 19.1. The zero-order valence-electron chi connectivity index (χ0n) is 18.1. The van der Waals surface area contributed by atoms with Gasteiger partial charge in [-0.2, -0.15) is 0 Å². The second kappa shape index (κ2) is 9.89. The number of para-hydroxylation sites is 1. The fraction of sp³-hybridized carbons (Fsp3) is 0.375. The van der Waals surface area contributed by atoms with Crippen molar-refractivity contribution in [3.05, 3.63) is 59.4 Å². The van der Waals surface area contributed by atoms with E-state index in [9.17, 15) is 18.8 Å². The van der Waals surface area contributed by atoms with Crippen LogP contribution in [0.1, 0.15) is 36.8 Å². The molecule has 0 bridgehead atoms. The Morgan fingerprint density at radius 2 is 1.76 bits per heavy atom. The fourth-order valence-electron chi connectivity index (χ4n) is 4.28. The minimum Gasteiger partial charge on any atom is -0.481 e. The van der Waals surface area contributed by atoms with Gasteiger partial charge in [0, 0.05) is 18.8 Å². The number of halogens is 1. The highest BCUT2D eigenvalue weighted by Crippen LogP contribution is 2.28. The molecule has 9 heteroatoms. The largest absolute Gasteiger partial charge is 0.481 e. The molecule has 8 nitrogen and oxygen atoms in total. The average Bonchev–Trinajstić information content (AvgIpc) is 2.80. The lowest BCUT2D eigenvalue weighted by Crippen LogP contribution is -2.39. The number of anilines is 2. The Morgan fingerprint density at radius 3 is 2.48 bits per heavy atom. The van der Waals surface area contributed by atoms with Gasteiger partial charge in [0.05, 0.1) is 11.6 Å². The van der Waals surface area contributed by atoms with E-state index in [2.05, 4.69) is 10.6 Å². The van der Waals surface area contributed by atoms with E-state index in [0.717, 1.165) is 11.1 Å². The van der Waals surface area contributed by atoms with Gasteiger partial charge in [-0.3, -0.25) is 4.79 Å². The number of carbonyl (C=O) groups excluding carboxylic acids is 2. The maximum absolute atomic E-state index is 13.7. The number of nitrogens with zero attached hydrogens (tertiary/aromatic N) is 1. The summed E-state index contributed by atoms with van der Waals surface area (Å²) in [4.78, 5) is 37.5. The van der Waals surface area contributed by atoms with Crippen molar-refractivity contribution in [2.24, 2.45) is 5.92 Å². The summed E-state index contributed by atoms with van der Waals surface area (Å²) in [6.07, 6.45) is 2.17. The Hall–Kier alpha value is -3.62. The van der Waals surface area contributed by atoms with Crippen LogP contribution in [0.4, 0.5) is 25.4 Å². The van der Waals surface area contributed by atoms with Crippen LogP contribution in [0.3, 0.4) is 0 Å². The molecule has 0 spiro atoms. The normalized spacial score (nSPS) is 19.8. The first kappa shape index (κ1) is 22.6. The Labute approximate surface area is 190 Å². The summed E-state index contributed by atoms with van der Waals surface area (Å²) < 4.78 is 19.3. The van der Waals surface area contributed by atoms with Crippen molar-refractivity contribution in [1.29, 1.82) is 0 Å². The number of aliphatic carboxylic acids is 1. The summed E-state index contributed by atoms with van der Waals surface area (Å²) in [6, 6.07) is 10.8. The minimum atomic E-state index is -0.786. The topological polar surface area (TPSA) is 108 Å². The molecule has 1 saturated carbocycles. The molecule has 0 atom stereocenters. The highest BCUT2D eigenvalue weighted by molar-refractivity contribution is 5.99. The first-order chi connectivity index (χ1) is 15.9. The smallest absolute Gasteiger partial charge is 0.410 e. The van der Waals surface area contributed by atoms with Gasteiger partial charge in [-0.25, -0.2) is 14.0 Å². The summed E-state index contributed by atoms with van der Waals surface area (Å²) in [5.41, 5.74) is 2.66. The standard InChI is InChI=1S/C24H26FN3O5/c25-20-3-1-2-4-21(20)27-23(31)26-18-8-5-17-14-28(12-11-16(17)13-18)24(32)33-19-9-6-15(7-10-19)22(29)30/h1-5,8,13,15,19H,6-7,9-12,14H2,(H,29,30)(H2,26,27,31)/t15-,19+. The highest BCUT2D eigenvalue weighted by Gasteiger charge is 2.30. The summed E-state index contributed by atoms with van der Waals surface area (Å²) in [6.45, 7) is 0.890. The molecule has 3 amide bonds. The summed E-state index contributed by atoms with van der Waals surface area (Å²) in [5.74, 6) is -1.65. The molecule has 1 fully saturated rings. The molecule has 0 aromatic heterocycles. The zero-order valence-corrected chi connectivity index (χ0v) is 18.1. The first-order valence-electron chi connectivity index (χ1n) is 11.0. The van der Waals surface area contributed by atoms with Gasteiger partial charge in [0.15, 0.2) is 0 Å². The van der Waals surface area contributed by atoms with Gasteiger partial charge in [-0.05, 0) is 67.5 Å². The zero-order chi connectivity index (χ0) is 23.4. The predicted molar refractivity (Wildman–Crippen MR) is 119 cm³/mol. The van der Waals surface area contributed by atoms with Gasteiger partial charge in [-0.15, -0.1) is 0 Å². The van der Waals surface area contributed by atoms with Crippen molar-refractivity contribution in [2.45, 2.75) is 44.8 Å². The number of fused-ring (bicyclic) bond motifs is 1. The van der Waals surface area contributed by atoms with Crippen LogP contribution < -0.4 is 10.6 Å². The van der Waals surface area contributed by atoms with E-state index in [1.807, 2.05) is 12.1 Å². The van der Waals surface area contributed by atoms with Crippen LogP contribution in [-0.2, 0) is 22.5 Å². The number of carboxylic acid groups (broad SMARTS) is 1. The number of ether oxygens (including phenoxy) is 1. The fourth-order valence-corrected chi connectivity index (χ4v) is 4.28. The number of carbonyl (C=O) groups is 3. The second-order valence-electron chi connectivity index (χ2n) is 8.41. The summed E-state index contributed by atoms with van der Waals surface area (Å²) in [5, 5.41) is 14.3. The molecular weight excluding hydrogens is 429 g/mol. The third-order valence-corrected chi connectivity index (χ3v) is 6.15. The van der Waals surface area contributed by atoms with Crippen LogP contribution in [0, 0.1) is 11.7 Å². The first-order valence-corrected chi connectivity index (χ1v) is 11.0. The van der Waals surface area contributed by atoms with Crippen molar-refractivity contribution in [3.8, 4) is 0 Å². The van der Waals surface area contributed by atoms with Crippen LogP contribution in [0.15, 0.2) is 42.5 Å². The Kier molecular flexibility index (Phi) is 6.76. The maximum Gasteiger partial charge on any atom is 0.410 e. The molecule has 174 valence electrons. The van der Waals surface area contributed by atoms with E-state index in [0.29, 0.717) is 50.9 Å². The number of hydrogen-bond acceptors (Lipinski definition) is 4. The van der Waals surface area contributed by atoms with Crippen LogP contribution in [0.5, 0.6) is 0 Å². The van der Waals surface area contributed by atoms with E-state index >= 15 is 0 Å². The minimum absolute atomic E-state index is 0.0959. The molecule has 1 aliphatic heterocycles. The molecule has 1 heterocycles. The number of amides is 3. The van der Waals surface area contributed by atoms with E-state index in [4.69, 9.17) is 9.84 Å². The van der Waals surface area contributed by atoms with Crippen LogP contribution >= 0.6 is 0 Å². The van der Waals surface area contributed by atoms with E-state index < -0.39 is 17.8 Å². The molecule has 4 rings (SSSR count). The number of benzene rings is 2. The number of carboxylic acids is 1. The maximum atomic E-state index is 13.7.